The molecule has 2 N–H and O–H groups in total. The third kappa shape index (κ3) is 2.90. The molecule has 1 heterocycles. The lowest BCUT2D eigenvalue weighted by molar-refractivity contribution is 0.102. The number of thiol groups is 1. The summed E-state index contributed by atoms with van der Waals surface area (Å²) < 4.78 is 3.78. The number of carbonyl (C=O) groups is 1. The molecule has 17 heavy (non-hydrogen) atoms. The minimum Gasteiger partial charge on any atom is -0.322 e. The standard InChI is InChI=1S/C10H7ClN2OS3/c11-5-1-3-6(4-2-5)12-8(14)7-9(15)13-17-10(7)16/h1-4,16H,(H,12,14)(H,13,15). The van der Waals surface area contributed by atoms with E-state index < -0.39 is 0 Å². The lowest BCUT2D eigenvalue weighted by atomic mass is 10.3. The zero-order chi connectivity index (χ0) is 12.4. The number of anilines is 1. The molecule has 0 radical (unpaired) electrons. The van der Waals surface area contributed by atoms with E-state index in [9.17, 15) is 4.79 Å². The van der Waals surface area contributed by atoms with Gasteiger partial charge in [0.25, 0.3) is 5.91 Å². The predicted octanol–water partition coefficient (Wildman–Crippen LogP) is 4.00. The molecule has 2 aromatic rings. The fourth-order valence-corrected chi connectivity index (χ4v) is 2.75. The molecule has 0 unspecified atom stereocenters. The third-order valence-electron chi connectivity index (χ3n) is 2.01. The molecule has 1 aromatic heterocycles. The number of hydrogen-bond acceptors (Lipinski definition) is 4. The molecule has 0 bridgehead atoms. The Kier molecular flexibility index (Phi) is 3.88. The van der Waals surface area contributed by atoms with Crippen molar-refractivity contribution in [3.05, 3.63) is 39.5 Å². The normalized spacial score (nSPS) is 10.2. The molecule has 7 heteroatoms. The van der Waals surface area contributed by atoms with Crippen LogP contribution in [0, 0.1) is 4.64 Å². The van der Waals surface area contributed by atoms with Gasteiger partial charge in [0.15, 0.2) is 0 Å². The van der Waals surface area contributed by atoms with Crippen LogP contribution in [0.3, 0.4) is 0 Å². The van der Waals surface area contributed by atoms with Crippen molar-refractivity contribution < 1.29 is 4.79 Å². The summed E-state index contributed by atoms with van der Waals surface area (Å²) >= 11 is 16.2. The summed E-state index contributed by atoms with van der Waals surface area (Å²) in [6, 6.07) is 6.84. The number of hydrogen-bond donors (Lipinski definition) is 3. The molecule has 0 aliphatic carbocycles. The maximum absolute atomic E-state index is 11.9. The van der Waals surface area contributed by atoms with Crippen molar-refractivity contribution in [3.8, 4) is 0 Å². The van der Waals surface area contributed by atoms with E-state index in [0.29, 0.717) is 25.1 Å². The average molecular weight is 303 g/mol. The number of rotatable bonds is 2. The van der Waals surface area contributed by atoms with Crippen molar-refractivity contribution >= 4 is 59.6 Å². The number of carbonyl (C=O) groups excluding carboxylic acids is 1. The van der Waals surface area contributed by atoms with Gasteiger partial charge in [0, 0.05) is 10.7 Å². The quantitative estimate of drug-likeness (QED) is 0.580. The SMILES string of the molecule is O=C(Nc1ccc(Cl)cc1)c1c(S)s[nH]c1=S. The van der Waals surface area contributed by atoms with Gasteiger partial charge in [0.1, 0.15) is 10.2 Å². The van der Waals surface area contributed by atoms with Gasteiger partial charge in [-0.15, -0.1) is 12.6 Å². The van der Waals surface area contributed by atoms with Gasteiger partial charge < -0.3 is 9.69 Å². The number of halogens is 1. The van der Waals surface area contributed by atoms with Gasteiger partial charge in [-0.05, 0) is 24.3 Å². The Morgan fingerprint density at radius 1 is 1.41 bits per heavy atom. The lowest BCUT2D eigenvalue weighted by Crippen LogP contribution is -2.12. The zero-order valence-electron chi connectivity index (χ0n) is 8.36. The van der Waals surface area contributed by atoms with Crippen LogP contribution in [0.2, 0.25) is 5.02 Å². The van der Waals surface area contributed by atoms with Crippen LogP contribution in [0.5, 0.6) is 0 Å². The second-order valence-corrected chi connectivity index (χ2v) is 5.59. The Morgan fingerprint density at radius 2 is 2.06 bits per heavy atom. The molecular weight excluding hydrogens is 296 g/mol. The van der Waals surface area contributed by atoms with Crippen molar-refractivity contribution in [2.45, 2.75) is 4.21 Å². The maximum atomic E-state index is 11.9. The van der Waals surface area contributed by atoms with Gasteiger partial charge >= 0.3 is 0 Å². The second kappa shape index (κ2) is 5.22. The van der Waals surface area contributed by atoms with Gasteiger partial charge in [0.05, 0.1) is 4.21 Å². The molecule has 0 spiro atoms. The summed E-state index contributed by atoms with van der Waals surface area (Å²) in [4.78, 5) is 11.9. The van der Waals surface area contributed by atoms with Crippen molar-refractivity contribution in [1.82, 2.24) is 4.37 Å². The van der Waals surface area contributed by atoms with E-state index in [0.717, 1.165) is 0 Å². The smallest absolute Gasteiger partial charge is 0.260 e. The highest BCUT2D eigenvalue weighted by atomic mass is 35.5. The van der Waals surface area contributed by atoms with Crippen molar-refractivity contribution in [1.29, 1.82) is 0 Å². The van der Waals surface area contributed by atoms with Crippen LogP contribution in [-0.4, -0.2) is 10.3 Å². The van der Waals surface area contributed by atoms with Crippen LogP contribution in [0.1, 0.15) is 10.4 Å². The van der Waals surface area contributed by atoms with E-state index in [1.54, 1.807) is 24.3 Å². The zero-order valence-corrected chi connectivity index (χ0v) is 11.6. The van der Waals surface area contributed by atoms with Crippen LogP contribution in [0.4, 0.5) is 5.69 Å². The summed E-state index contributed by atoms with van der Waals surface area (Å²) in [6.45, 7) is 0. The van der Waals surface area contributed by atoms with E-state index >= 15 is 0 Å². The van der Waals surface area contributed by atoms with Gasteiger partial charge in [-0.3, -0.25) is 4.79 Å². The summed E-state index contributed by atoms with van der Waals surface area (Å²) in [5, 5.41) is 3.34. The summed E-state index contributed by atoms with van der Waals surface area (Å²) in [5.41, 5.74) is 1.05. The fraction of sp³-hybridized carbons (Fsp3) is 0. The molecule has 0 saturated carbocycles. The molecule has 0 atom stereocenters. The molecule has 0 fully saturated rings. The van der Waals surface area contributed by atoms with E-state index in [4.69, 9.17) is 23.8 Å². The monoisotopic (exact) mass is 302 g/mol. The minimum atomic E-state index is -0.278. The Balaban J connectivity index is 2.23. The average Bonchev–Trinajstić information content (AvgIpc) is 2.62. The predicted molar refractivity (Wildman–Crippen MR) is 76.2 cm³/mol. The Morgan fingerprint density at radius 3 is 2.59 bits per heavy atom. The molecule has 2 rings (SSSR count). The van der Waals surface area contributed by atoms with Gasteiger partial charge in [-0.25, -0.2) is 0 Å². The summed E-state index contributed by atoms with van der Waals surface area (Å²) in [5.74, 6) is -0.278. The van der Waals surface area contributed by atoms with Crippen LogP contribution < -0.4 is 5.32 Å². The number of benzene rings is 1. The number of nitrogens with one attached hydrogen (secondary N) is 2. The number of aromatic amines is 1. The van der Waals surface area contributed by atoms with Crippen molar-refractivity contribution in [3.63, 3.8) is 0 Å². The maximum Gasteiger partial charge on any atom is 0.260 e. The van der Waals surface area contributed by atoms with Gasteiger partial charge in [0.2, 0.25) is 0 Å². The molecule has 0 aliphatic rings. The van der Waals surface area contributed by atoms with E-state index in [1.807, 2.05) is 0 Å². The highest BCUT2D eigenvalue weighted by molar-refractivity contribution is 7.83. The van der Waals surface area contributed by atoms with Crippen molar-refractivity contribution in [2.24, 2.45) is 0 Å². The van der Waals surface area contributed by atoms with Crippen LogP contribution >= 0.6 is 48.0 Å². The lowest BCUT2D eigenvalue weighted by Gasteiger charge is -2.03. The third-order valence-corrected chi connectivity index (χ3v) is 3.90. The molecular formula is C10H7ClN2OS3. The van der Waals surface area contributed by atoms with Gasteiger partial charge in [-0.1, -0.05) is 35.4 Å². The topological polar surface area (TPSA) is 44.9 Å². The van der Waals surface area contributed by atoms with Crippen LogP contribution in [0.25, 0.3) is 0 Å². The Bertz CT molecular complexity index is 603. The Labute approximate surface area is 117 Å². The number of H-pyrrole nitrogens is 1. The van der Waals surface area contributed by atoms with E-state index in [-0.39, 0.29) is 5.91 Å². The van der Waals surface area contributed by atoms with Crippen LogP contribution in [-0.2, 0) is 0 Å². The molecule has 88 valence electrons. The van der Waals surface area contributed by atoms with Crippen LogP contribution in [0.15, 0.2) is 28.5 Å². The first-order chi connectivity index (χ1) is 8.08. The molecule has 0 aliphatic heterocycles. The molecule has 1 amide bonds. The highest BCUT2D eigenvalue weighted by Crippen LogP contribution is 2.21. The summed E-state index contributed by atoms with van der Waals surface area (Å²) in [7, 11) is 0. The second-order valence-electron chi connectivity index (χ2n) is 3.17. The van der Waals surface area contributed by atoms with Crippen molar-refractivity contribution in [2.75, 3.05) is 5.32 Å². The summed E-state index contributed by atoms with van der Waals surface area (Å²) in [6.07, 6.45) is 0. The fourth-order valence-electron chi connectivity index (χ4n) is 1.22. The first-order valence-electron chi connectivity index (χ1n) is 4.55. The number of aromatic nitrogens is 1. The molecule has 0 saturated heterocycles. The van der Waals surface area contributed by atoms with E-state index in [2.05, 4.69) is 22.3 Å². The highest BCUT2D eigenvalue weighted by Gasteiger charge is 2.14. The van der Waals surface area contributed by atoms with E-state index in [1.165, 1.54) is 11.5 Å². The molecule has 1 aromatic carbocycles. The van der Waals surface area contributed by atoms with Gasteiger partial charge in [-0.2, -0.15) is 0 Å². The first kappa shape index (κ1) is 12.6. The minimum absolute atomic E-state index is 0.278. The number of amides is 1. The molecule has 3 nitrogen and oxygen atoms in total. The first-order valence-corrected chi connectivity index (χ1v) is 6.60. The Hall–Kier alpha value is -0.820. The largest absolute Gasteiger partial charge is 0.322 e.